The topological polar surface area (TPSA) is 76.2 Å². The zero-order valence-corrected chi connectivity index (χ0v) is 17.7. The molecule has 0 saturated carbocycles. The number of likely N-dealkylation sites (tertiary alicyclic amines) is 1. The van der Waals surface area contributed by atoms with Gasteiger partial charge in [0.25, 0.3) is 0 Å². The number of rotatable bonds is 6. The van der Waals surface area contributed by atoms with Gasteiger partial charge in [0.1, 0.15) is 17.5 Å². The van der Waals surface area contributed by atoms with E-state index in [0.29, 0.717) is 32.5 Å². The number of amides is 2. The van der Waals surface area contributed by atoms with E-state index in [1.165, 1.54) is 0 Å². The van der Waals surface area contributed by atoms with Crippen molar-refractivity contribution in [2.75, 3.05) is 19.6 Å². The molecule has 0 bridgehead atoms. The number of carbonyl (C=O) groups excluding carboxylic acids is 3. The largest absolute Gasteiger partial charge is 0.444 e. The number of unbranched alkanes of at least 4 members (excludes halogenated alkanes) is 1. The molecule has 0 aliphatic carbocycles. The molecule has 1 atom stereocenters. The number of nitrogens with zero attached hydrogens (tertiary/aromatic N) is 2. The molecule has 0 N–H and O–H groups in total. The molecule has 1 saturated heterocycles. The van der Waals surface area contributed by atoms with Crippen molar-refractivity contribution in [1.82, 2.24) is 9.80 Å². The summed E-state index contributed by atoms with van der Waals surface area (Å²) in [5, 5.41) is 0. The van der Waals surface area contributed by atoms with Gasteiger partial charge in [0.05, 0.1) is 6.04 Å². The lowest BCUT2D eigenvalue weighted by Gasteiger charge is -2.39. The quantitative estimate of drug-likeness (QED) is 0.511. The first-order valence-corrected chi connectivity index (χ1v) is 9.84. The van der Waals surface area contributed by atoms with E-state index < -0.39 is 17.3 Å². The Kier molecular flexibility index (Phi) is 8.57. The predicted octanol–water partition coefficient (Wildman–Crippen LogP) is 3.99. The van der Waals surface area contributed by atoms with Crippen LogP contribution in [0.5, 0.6) is 0 Å². The monoisotopic (exact) mass is 384 g/mol. The Morgan fingerprint density at radius 1 is 1.07 bits per heavy atom. The number of ether oxygens (including phenoxy) is 2. The normalized spacial score (nSPS) is 18.0. The summed E-state index contributed by atoms with van der Waals surface area (Å²) in [5.74, 6) is 0. The first-order chi connectivity index (χ1) is 12.4. The van der Waals surface area contributed by atoms with Gasteiger partial charge in [-0.05, 0) is 67.2 Å². The average Bonchev–Trinajstić information content (AvgIpc) is 2.51. The first kappa shape index (κ1) is 23.2. The minimum atomic E-state index is -0.600. The molecule has 156 valence electrons. The van der Waals surface area contributed by atoms with Crippen molar-refractivity contribution >= 4 is 18.5 Å². The summed E-state index contributed by atoms with van der Waals surface area (Å²) in [6.45, 7) is 12.4. The van der Waals surface area contributed by atoms with Crippen LogP contribution in [0.3, 0.4) is 0 Å². The fourth-order valence-corrected chi connectivity index (χ4v) is 2.95. The highest BCUT2D eigenvalue weighted by atomic mass is 16.6. The van der Waals surface area contributed by atoms with Gasteiger partial charge in [-0.2, -0.15) is 0 Å². The van der Waals surface area contributed by atoms with Crippen molar-refractivity contribution < 1.29 is 23.9 Å². The maximum Gasteiger partial charge on any atom is 0.410 e. The minimum Gasteiger partial charge on any atom is -0.444 e. The van der Waals surface area contributed by atoms with Crippen LogP contribution >= 0.6 is 0 Å². The van der Waals surface area contributed by atoms with Crippen molar-refractivity contribution in [2.24, 2.45) is 0 Å². The number of hydrogen-bond acceptors (Lipinski definition) is 5. The van der Waals surface area contributed by atoms with Gasteiger partial charge in [0, 0.05) is 26.1 Å². The zero-order valence-electron chi connectivity index (χ0n) is 17.7. The van der Waals surface area contributed by atoms with Crippen molar-refractivity contribution in [2.45, 2.75) is 90.9 Å². The van der Waals surface area contributed by atoms with Crippen molar-refractivity contribution in [1.29, 1.82) is 0 Å². The number of carbonyl (C=O) groups is 3. The van der Waals surface area contributed by atoms with Crippen molar-refractivity contribution in [3.63, 3.8) is 0 Å². The van der Waals surface area contributed by atoms with Crippen LogP contribution in [0.4, 0.5) is 9.59 Å². The lowest BCUT2D eigenvalue weighted by molar-refractivity contribution is -0.108. The van der Waals surface area contributed by atoms with Crippen molar-refractivity contribution in [3.8, 4) is 0 Å². The summed E-state index contributed by atoms with van der Waals surface area (Å²) in [4.78, 5) is 39.2. The van der Waals surface area contributed by atoms with Crippen LogP contribution in [0.25, 0.3) is 0 Å². The summed E-state index contributed by atoms with van der Waals surface area (Å²) in [7, 11) is 0. The van der Waals surface area contributed by atoms with Crippen molar-refractivity contribution in [3.05, 3.63) is 0 Å². The highest BCUT2D eigenvalue weighted by molar-refractivity contribution is 5.70. The Morgan fingerprint density at radius 3 is 2.26 bits per heavy atom. The van der Waals surface area contributed by atoms with E-state index in [2.05, 4.69) is 0 Å². The van der Waals surface area contributed by atoms with Crippen LogP contribution in [0.15, 0.2) is 0 Å². The van der Waals surface area contributed by atoms with Gasteiger partial charge in [0.2, 0.25) is 0 Å². The van der Waals surface area contributed by atoms with E-state index in [1.807, 2.05) is 41.5 Å². The molecular weight excluding hydrogens is 348 g/mol. The second kappa shape index (κ2) is 9.95. The number of aldehydes is 1. The van der Waals surface area contributed by atoms with Crippen LogP contribution in [-0.4, -0.2) is 65.2 Å². The minimum absolute atomic E-state index is 0.114. The van der Waals surface area contributed by atoms with Crippen LogP contribution in [-0.2, 0) is 14.3 Å². The fraction of sp³-hybridized carbons (Fsp3) is 0.850. The second-order valence-electron chi connectivity index (χ2n) is 9.06. The molecule has 27 heavy (non-hydrogen) atoms. The third kappa shape index (κ3) is 9.11. The smallest absolute Gasteiger partial charge is 0.410 e. The van der Waals surface area contributed by atoms with E-state index in [9.17, 15) is 14.4 Å². The molecule has 0 radical (unpaired) electrons. The SMILES string of the molecule is CC(C)(C)OC(=O)N(CCCC=O)CC1CCCCN1C(=O)OC(C)(C)C. The second-order valence-corrected chi connectivity index (χ2v) is 9.06. The third-order valence-electron chi connectivity index (χ3n) is 4.09. The lowest BCUT2D eigenvalue weighted by Crippen LogP contribution is -2.52. The molecular formula is C20H36N2O5. The zero-order chi connectivity index (χ0) is 20.7. The highest BCUT2D eigenvalue weighted by Crippen LogP contribution is 2.22. The molecule has 0 aromatic rings. The van der Waals surface area contributed by atoms with E-state index >= 15 is 0 Å². The Bertz CT molecular complexity index is 507. The standard InChI is InChI=1S/C20H36N2O5/c1-19(2,3)26-17(24)21(12-9-10-14-23)15-16-11-7-8-13-22(16)18(25)27-20(4,5)6/h14,16H,7-13,15H2,1-6H3. The van der Waals surface area contributed by atoms with Gasteiger partial charge in [-0.15, -0.1) is 0 Å². The molecule has 0 spiro atoms. The first-order valence-electron chi connectivity index (χ1n) is 9.84. The maximum atomic E-state index is 12.6. The molecule has 1 aliphatic rings. The molecule has 0 aromatic heterocycles. The Hall–Kier alpha value is -1.79. The third-order valence-corrected chi connectivity index (χ3v) is 4.09. The van der Waals surface area contributed by atoms with Gasteiger partial charge < -0.3 is 24.1 Å². The lowest BCUT2D eigenvalue weighted by atomic mass is 10.0. The Balaban J connectivity index is 2.85. The Labute approximate surface area is 163 Å². The summed E-state index contributed by atoms with van der Waals surface area (Å²) in [6, 6.07) is -0.114. The molecule has 7 heteroatoms. The fourth-order valence-electron chi connectivity index (χ4n) is 2.95. The molecule has 2 amide bonds. The maximum absolute atomic E-state index is 12.6. The van der Waals surface area contributed by atoms with E-state index in [4.69, 9.17) is 9.47 Å². The number of piperidine rings is 1. The van der Waals surface area contributed by atoms with Gasteiger partial charge in [-0.3, -0.25) is 0 Å². The summed E-state index contributed by atoms with van der Waals surface area (Å²) in [5.41, 5.74) is -1.16. The summed E-state index contributed by atoms with van der Waals surface area (Å²) < 4.78 is 11.0. The van der Waals surface area contributed by atoms with Gasteiger partial charge >= 0.3 is 12.2 Å². The van der Waals surface area contributed by atoms with Gasteiger partial charge in [-0.25, -0.2) is 9.59 Å². The van der Waals surface area contributed by atoms with E-state index in [0.717, 1.165) is 25.5 Å². The van der Waals surface area contributed by atoms with Gasteiger partial charge in [-0.1, -0.05) is 0 Å². The molecule has 1 aliphatic heterocycles. The predicted molar refractivity (Wildman–Crippen MR) is 104 cm³/mol. The molecule has 1 unspecified atom stereocenters. The van der Waals surface area contributed by atoms with Crippen LogP contribution in [0.1, 0.15) is 73.6 Å². The van der Waals surface area contributed by atoms with Crippen LogP contribution in [0, 0.1) is 0 Å². The summed E-state index contributed by atoms with van der Waals surface area (Å²) >= 11 is 0. The van der Waals surface area contributed by atoms with Gasteiger partial charge in [0.15, 0.2) is 0 Å². The van der Waals surface area contributed by atoms with Crippen LogP contribution < -0.4 is 0 Å². The Morgan fingerprint density at radius 2 is 1.70 bits per heavy atom. The highest BCUT2D eigenvalue weighted by Gasteiger charge is 2.33. The summed E-state index contributed by atoms with van der Waals surface area (Å²) in [6.07, 6.45) is 3.79. The molecule has 0 aromatic carbocycles. The van der Waals surface area contributed by atoms with E-state index in [1.54, 1.807) is 9.80 Å². The molecule has 1 rings (SSSR count). The molecule has 7 nitrogen and oxygen atoms in total. The van der Waals surface area contributed by atoms with E-state index in [-0.39, 0.29) is 12.1 Å². The average molecular weight is 385 g/mol. The molecule has 1 fully saturated rings. The number of hydrogen-bond donors (Lipinski definition) is 0. The van der Waals surface area contributed by atoms with Crippen LogP contribution in [0.2, 0.25) is 0 Å². The molecule has 1 heterocycles.